The lowest BCUT2D eigenvalue weighted by molar-refractivity contribution is 0.0947. The molecule has 148 valence electrons. The van der Waals surface area contributed by atoms with Gasteiger partial charge in [0, 0.05) is 44.7 Å². The van der Waals surface area contributed by atoms with E-state index in [9.17, 15) is 13.2 Å². The molecule has 0 atom stereocenters. The van der Waals surface area contributed by atoms with Crippen molar-refractivity contribution in [2.75, 3.05) is 25.9 Å². The maximum atomic E-state index is 12.0. The van der Waals surface area contributed by atoms with Crippen molar-refractivity contribution < 1.29 is 17.7 Å². The summed E-state index contributed by atoms with van der Waals surface area (Å²) in [5, 5.41) is 10.9. The quantitative estimate of drug-likeness (QED) is 0.718. The molecule has 0 saturated carbocycles. The van der Waals surface area contributed by atoms with Crippen molar-refractivity contribution in [1.29, 1.82) is 0 Å². The number of rotatable bonds is 7. The summed E-state index contributed by atoms with van der Waals surface area (Å²) in [6.45, 7) is 3.96. The lowest BCUT2D eigenvalue weighted by atomic mass is 9.97. The number of amides is 1. The van der Waals surface area contributed by atoms with Gasteiger partial charge in [0.1, 0.15) is 5.69 Å². The molecule has 11 heteroatoms. The number of carbonyl (C=O) groups excluding carboxylic acids is 1. The van der Waals surface area contributed by atoms with Gasteiger partial charge in [0.2, 0.25) is 15.9 Å². The van der Waals surface area contributed by atoms with Gasteiger partial charge in [-0.2, -0.15) is 10.1 Å². The first-order valence-corrected chi connectivity index (χ1v) is 10.8. The highest BCUT2D eigenvalue weighted by molar-refractivity contribution is 7.88. The Morgan fingerprint density at radius 1 is 1.37 bits per heavy atom. The maximum Gasteiger partial charge on any atom is 0.271 e. The van der Waals surface area contributed by atoms with Gasteiger partial charge in [0.05, 0.1) is 6.26 Å². The standard InChI is InChI=1S/C16H24N6O4S/c1-3-21-9-7-13(19-21)16(23)17-8-4-14-18-15(20-26-14)12-5-10-22(11-6-12)27(2,24)25/h7,9,12H,3-6,8,10-11H2,1-2H3,(H,17,23). The fourth-order valence-electron chi connectivity index (χ4n) is 3.01. The van der Waals surface area contributed by atoms with Crippen LogP contribution in [0.5, 0.6) is 0 Å². The van der Waals surface area contributed by atoms with E-state index in [1.807, 2.05) is 6.92 Å². The van der Waals surface area contributed by atoms with Crippen molar-refractivity contribution >= 4 is 15.9 Å². The minimum atomic E-state index is -3.15. The highest BCUT2D eigenvalue weighted by atomic mass is 32.2. The number of nitrogens with zero attached hydrogens (tertiary/aromatic N) is 5. The Morgan fingerprint density at radius 2 is 2.11 bits per heavy atom. The van der Waals surface area contributed by atoms with Gasteiger partial charge in [0.25, 0.3) is 5.91 Å². The van der Waals surface area contributed by atoms with Gasteiger partial charge >= 0.3 is 0 Å². The zero-order valence-electron chi connectivity index (χ0n) is 15.5. The van der Waals surface area contributed by atoms with Crippen LogP contribution in [0.1, 0.15) is 47.9 Å². The van der Waals surface area contributed by atoms with Crippen LogP contribution in [0.2, 0.25) is 0 Å². The number of hydrogen-bond acceptors (Lipinski definition) is 7. The van der Waals surface area contributed by atoms with Crippen molar-refractivity contribution in [3.63, 3.8) is 0 Å². The topological polar surface area (TPSA) is 123 Å². The fourth-order valence-corrected chi connectivity index (χ4v) is 3.89. The molecule has 1 N–H and O–H groups in total. The van der Waals surface area contributed by atoms with Gasteiger partial charge in [-0.05, 0) is 25.8 Å². The van der Waals surface area contributed by atoms with Crippen molar-refractivity contribution in [3.8, 4) is 0 Å². The van der Waals surface area contributed by atoms with Gasteiger partial charge in [0.15, 0.2) is 5.82 Å². The monoisotopic (exact) mass is 396 g/mol. The molecule has 1 amide bonds. The molecule has 2 aromatic rings. The summed E-state index contributed by atoms with van der Waals surface area (Å²) in [5.74, 6) is 0.907. The van der Waals surface area contributed by atoms with Crippen LogP contribution in [-0.4, -0.2) is 64.4 Å². The number of sulfonamides is 1. The molecule has 0 aromatic carbocycles. The van der Waals surface area contributed by atoms with Gasteiger partial charge in [-0.1, -0.05) is 5.16 Å². The zero-order valence-corrected chi connectivity index (χ0v) is 16.3. The molecule has 0 bridgehead atoms. The van der Waals surface area contributed by atoms with E-state index in [0.717, 1.165) is 0 Å². The highest BCUT2D eigenvalue weighted by Gasteiger charge is 2.28. The van der Waals surface area contributed by atoms with E-state index in [4.69, 9.17) is 4.52 Å². The van der Waals surface area contributed by atoms with Gasteiger partial charge in [-0.3, -0.25) is 9.48 Å². The van der Waals surface area contributed by atoms with E-state index < -0.39 is 10.0 Å². The third-order valence-corrected chi connectivity index (χ3v) is 5.90. The summed E-state index contributed by atoms with van der Waals surface area (Å²) in [5.41, 5.74) is 0.376. The largest absolute Gasteiger partial charge is 0.350 e. The molecule has 1 aliphatic rings. The lowest BCUT2D eigenvalue weighted by Gasteiger charge is -2.28. The summed E-state index contributed by atoms with van der Waals surface area (Å²) < 4.78 is 31.5. The summed E-state index contributed by atoms with van der Waals surface area (Å²) >= 11 is 0. The molecule has 1 aliphatic heterocycles. The smallest absolute Gasteiger partial charge is 0.271 e. The third-order valence-electron chi connectivity index (χ3n) is 4.59. The van der Waals surface area contributed by atoms with Crippen molar-refractivity contribution in [3.05, 3.63) is 29.7 Å². The minimum absolute atomic E-state index is 0.0908. The average molecular weight is 396 g/mol. The summed E-state index contributed by atoms with van der Waals surface area (Å²) in [4.78, 5) is 16.4. The van der Waals surface area contributed by atoms with Gasteiger partial charge in [-0.25, -0.2) is 12.7 Å². The zero-order chi connectivity index (χ0) is 19.4. The van der Waals surface area contributed by atoms with Crippen LogP contribution in [0.25, 0.3) is 0 Å². The molecule has 10 nitrogen and oxygen atoms in total. The normalized spacial score (nSPS) is 16.5. The average Bonchev–Trinajstić information content (AvgIpc) is 3.30. The molecule has 0 radical (unpaired) electrons. The van der Waals surface area contributed by atoms with Crippen LogP contribution >= 0.6 is 0 Å². The van der Waals surface area contributed by atoms with Crippen LogP contribution in [0, 0.1) is 0 Å². The molecular formula is C16H24N6O4S. The number of nitrogens with one attached hydrogen (secondary N) is 1. The first-order chi connectivity index (χ1) is 12.9. The summed E-state index contributed by atoms with van der Waals surface area (Å²) in [7, 11) is -3.15. The number of aromatic nitrogens is 4. The number of piperidine rings is 1. The first kappa shape index (κ1) is 19.5. The Morgan fingerprint density at radius 3 is 2.74 bits per heavy atom. The number of carbonyl (C=O) groups is 1. The van der Waals surface area contributed by atoms with E-state index in [1.165, 1.54) is 10.6 Å². The molecule has 27 heavy (non-hydrogen) atoms. The van der Waals surface area contributed by atoms with E-state index in [0.29, 0.717) is 62.9 Å². The van der Waals surface area contributed by atoms with Gasteiger partial charge in [-0.15, -0.1) is 0 Å². The molecule has 0 aliphatic carbocycles. The number of hydrogen-bond donors (Lipinski definition) is 1. The van der Waals surface area contributed by atoms with Crippen molar-refractivity contribution in [1.82, 2.24) is 29.5 Å². The summed E-state index contributed by atoms with van der Waals surface area (Å²) in [6, 6.07) is 1.67. The molecule has 1 fully saturated rings. The molecule has 0 unspecified atom stereocenters. The maximum absolute atomic E-state index is 12.0. The van der Waals surface area contributed by atoms with E-state index >= 15 is 0 Å². The second kappa shape index (κ2) is 8.17. The fraction of sp³-hybridized carbons (Fsp3) is 0.625. The second-order valence-corrected chi connectivity index (χ2v) is 8.53. The Balaban J connectivity index is 1.46. The van der Waals surface area contributed by atoms with Crippen molar-refractivity contribution in [2.45, 2.75) is 38.6 Å². The van der Waals surface area contributed by atoms with Gasteiger partial charge < -0.3 is 9.84 Å². The predicted molar refractivity (Wildman–Crippen MR) is 96.6 cm³/mol. The Kier molecular flexibility index (Phi) is 5.90. The molecule has 3 heterocycles. The highest BCUT2D eigenvalue weighted by Crippen LogP contribution is 2.26. The van der Waals surface area contributed by atoms with Crippen LogP contribution in [0.3, 0.4) is 0 Å². The number of aryl methyl sites for hydroxylation is 1. The lowest BCUT2D eigenvalue weighted by Crippen LogP contribution is -2.37. The molecule has 1 saturated heterocycles. The van der Waals surface area contributed by atoms with E-state index in [2.05, 4.69) is 20.6 Å². The van der Waals surface area contributed by atoms with Crippen LogP contribution in [0.15, 0.2) is 16.8 Å². The Labute approximate surface area is 158 Å². The first-order valence-electron chi connectivity index (χ1n) is 8.96. The van der Waals surface area contributed by atoms with Crippen LogP contribution < -0.4 is 5.32 Å². The molecule has 2 aromatic heterocycles. The van der Waals surface area contributed by atoms with Crippen molar-refractivity contribution in [2.24, 2.45) is 0 Å². The second-order valence-electron chi connectivity index (χ2n) is 6.55. The Bertz CT molecular complexity index is 882. The van der Waals surface area contributed by atoms with Crippen LogP contribution in [-0.2, 0) is 23.0 Å². The Hall–Kier alpha value is -2.27. The molecule has 3 rings (SSSR count). The minimum Gasteiger partial charge on any atom is -0.350 e. The molecule has 0 spiro atoms. The SMILES string of the molecule is CCn1ccc(C(=O)NCCc2nc(C3CCN(S(C)(=O)=O)CC3)no2)n1. The van der Waals surface area contributed by atoms with E-state index in [-0.39, 0.29) is 11.8 Å². The van der Waals surface area contributed by atoms with E-state index in [1.54, 1.807) is 16.9 Å². The molecular weight excluding hydrogens is 372 g/mol. The third kappa shape index (κ3) is 4.92. The van der Waals surface area contributed by atoms with Crippen LogP contribution in [0.4, 0.5) is 0 Å². The summed E-state index contributed by atoms with van der Waals surface area (Å²) in [6.07, 6.45) is 4.75. The predicted octanol–water partition coefficient (Wildman–Crippen LogP) is 0.398.